The van der Waals surface area contributed by atoms with Gasteiger partial charge in [-0.05, 0) is 42.5 Å². The van der Waals surface area contributed by atoms with E-state index in [1.54, 1.807) is 36.4 Å². The molecule has 144 valence electrons. The Balaban J connectivity index is 1.49. The molecule has 2 aliphatic rings. The van der Waals surface area contributed by atoms with Gasteiger partial charge in [0, 0.05) is 0 Å². The average Bonchev–Trinajstić information content (AvgIpc) is 3.43. The van der Waals surface area contributed by atoms with Gasteiger partial charge in [0.25, 0.3) is 5.91 Å². The highest BCUT2D eigenvalue weighted by Crippen LogP contribution is 2.48. The van der Waals surface area contributed by atoms with Crippen LogP contribution in [0.1, 0.15) is 22.5 Å². The first kappa shape index (κ1) is 18.0. The maximum absolute atomic E-state index is 12.9. The second kappa shape index (κ2) is 7.34. The minimum atomic E-state index is -0.957. The van der Waals surface area contributed by atoms with Crippen molar-refractivity contribution in [3.8, 4) is 0 Å². The van der Waals surface area contributed by atoms with Crippen LogP contribution >= 0.6 is 0 Å². The van der Waals surface area contributed by atoms with E-state index in [1.165, 1.54) is 6.26 Å². The van der Waals surface area contributed by atoms with E-state index in [0.29, 0.717) is 23.4 Å². The fourth-order valence-electron chi connectivity index (χ4n) is 4.20. The molecule has 0 aliphatic heterocycles. The summed E-state index contributed by atoms with van der Waals surface area (Å²) in [5.74, 6) is -2.60. The van der Waals surface area contributed by atoms with E-state index >= 15 is 0 Å². The highest BCUT2D eigenvalue weighted by atomic mass is 16.4. The molecule has 0 saturated heterocycles. The molecule has 0 radical (unpaired) electrons. The molecule has 4 rings (SSSR count). The third-order valence-electron chi connectivity index (χ3n) is 5.48. The van der Waals surface area contributed by atoms with Crippen molar-refractivity contribution < 1.29 is 23.9 Å². The van der Waals surface area contributed by atoms with Crippen molar-refractivity contribution in [3.05, 3.63) is 66.1 Å². The number of carbonyl (C=O) groups is 3. The molecule has 1 aromatic heterocycles. The molecule has 0 spiro atoms. The van der Waals surface area contributed by atoms with E-state index in [-0.39, 0.29) is 30.2 Å². The zero-order valence-electron chi connectivity index (χ0n) is 15.0. The molecule has 1 heterocycles. The van der Waals surface area contributed by atoms with E-state index < -0.39 is 17.8 Å². The Hall–Kier alpha value is -3.35. The van der Waals surface area contributed by atoms with Crippen molar-refractivity contribution in [2.75, 3.05) is 5.32 Å². The Morgan fingerprint density at radius 2 is 1.79 bits per heavy atom. The second-order valence-electron chi connectivity index (χ2n) is 7.13. The van der Waals surface area contributed by atoms with Crippen LogP contribution in [0.5, 0.6) is 0 Å². The number of hydrogen-bond acceptors (Lipinski definition) is 4. The SMILES string of the molecule is O=C(NCc1ccco1)c1ccccc1NC(=O)C1C2C=CC(C2)C1C(=O)O. The van der Waals surface area contributed by atoms with Crippen molar-refractivity contribution in [1.82, 2.24) is 5.32 Å². The van der Waals surface area contributed by atoms with E-state index in [1.807, 2.05) is 12.2 Å². The molecule has 1 aromatic carbocycles. The van der Waals surface area contributed by atoms with Crippen LogP contribution in [-0.4, -0.2) is 22.9 Å². The third-order valence-corrected chi connectivity index (χ3v) is 5.48. The summed E-state index contributed by atoms with van der Waals surface area (Å²) in [6, 6.07) is 10.2. The van der Waals surface area contributed by atoms with Gasteiger partial charge in [-0.3, -0.25) is 14.4 Å². The van der Waals surface area contributed by atoms with Gasteiger partial charge in [0.1, 0.15) is 5.76 Å². The Labute approximate surface area is 161 Å². The molecule has 28 heavy (non-hydrogen) atoms. The number of aliphatic carboxylic acids is 1. The van der Waals surface area contributed by atoms with E-state index in [9.17, 15) is 19.5 Å². The number of carboxylic acids is 1. The van der Waals surface area contributed by atoms with Crippen molar-refractivity contribution in [1.29, 1.82) is 0 Å². The van der Waals surface area contributed by atoms with Gasteiger partial charge in [0.2, 0.25) is 5.91 Å². The summed E-state index contributed by atoms with van der Waals surface area (Å²) in [5.41, 5.74) is 0.674. The van der Waals surface area contributed by atoms with Gasteiger partial charge >= 0.3 is 5.97 Å². The Kier molecular flexibility index (Phi) is 4.73. The Morgan fingerprint density at radius 1 is 1.04 bits per heavy atom. The quantitative estimate of drug-likeness (QED) is 0.668. The van der Waals surface area contributed by atoms with Gasteiger partial charge in [-0.2, -0.15) is 0 Å². The average molecular weight is 380 g/mol. The van der Waals surface area contributed by atoms with Crippen LogP contribution in [0.15, 0.2) is 59.2 Å². The topological polar surface area (TPSA) is 109 Å². The molecular weight excluding hydrogens is 360 g/mol. The number of para-hydroxylation sites is 1. The highest BCUT2D eigenvalue weighted by molar-refractivity contribution is 6.05. The monoisotopic (exact) mass is 380 g/mol. The first-order valence-corrected chi connectivity index (χ1v) is 9.16. The second-order valence-corrected chi connectivity index (χ2v) is 7.13. The summed E-state index contributed by atoms with van der Waals surface area (Å²) in [5, 5.41) is 15.1. The summed E-state index contributed by atoms with van der Waals surface area (Å²) in [6.07, 6.45) is 6.03. The molecule has 3 N–H and O–H groups in total. The number of furan rings is 1. The number of fused-ring (bicyclic) bond motifs is 2. The van der Waals surface area contributed by atoms with Gasteiger partial charge in [-0.15, -0.1) is 0 Å². The minimum absolute atomic E-state index is 0.0777. The third kappa shape index (κ3) is 3.31. The number of carboxylic acid groups (broad SMARTS) is 1. The van der Waals surface area contributed by atoms with Crippen LogP contribution in [-0.2, 0) is 16.1 Å². The number of rotatable bonds is 6. The normalized spacial score (nSPS) is 24.9. The lowest BCUT2D eigenvalue weighted by Crippen LogP contribution is -2.37. The van der Waals surface area contributed by atoms with Gasteiger partial charge in [0.05, 0.1) is 35.9 Å². The number of carbonyl (C=O) groups excluding carboxylic acids is 2. The van der Waals surface area contributed by atoms with E-state index in [2.05, 4.69) is 10.6 Å². The first-order chi connectivity index (χ1) is 13.5. The molecular formula is C21H20N2O5. The maximum atomic E-state index is 12.9. The standard InChI is InChI=1S/C21H20N2O5/c24-19(22-11-14-4-3-9-28-14)15-5-1-2-6-16(15)23-20(25)17-12-7-8-13(10-12)18(17)21(26)27/h1-9,12-13,17-18H,10-11H2,(H,22,24)(H,23,25)(H,26,27). The van der Waals surface area contributed by atoms with E-state index in [0.717, 1.165) is 0 Å². The van der Waals surface area contributed by atoms with Crippen molar-refractivity contribution in [2.45, 2.75) is 13.0 Å². The van der Waals surface area contributed by atoms with Crippen molar-refractivity contribution in [3.63, 3.8) is 0 Å². The molecule has 7 heteroatoms. The molecule has 1 fully saturated rings. The lowest BCUT2D eigenvalue weighted by Gasteiger charge is -2.24. The van der Waals surface area contributed by atoms with Crippen LogP contribution in [0.4, 0.5) is 5.69 Å². The van der Waals surface area contributed by atoms with Crippen molar-refractivity contribution >= 4 is 23.5 Å². The van der Waals surface area contributed by atoms with Gasteiger partial charge < -0.3 is 20.2 Å². The zero-order chi connectivity index (χ0) is 19.7. The lowest BCUT2D eigenvalue weighted by atomic mass is 9.82. The number of amides is 2. The highest BCUT2D eigenvalue weighted by Gasteiger charge is 2.51. The number of anilines is 1. The number of nitrogens with one attached hydrogen (secondary N) is 2. The summed E-state index contributed by atoms with van der Waals surface area (Å²) in [4.78, 5) is 37.1. The molecule has 2 aliphatic carbocycles. The summed E-state index contributed by atoms with van der Waals surface area (Å²) < 4.78 is 5.20. The van der Waals surface area contributed by atoms with Gasteiger partial charge in [0.15, 0.2) is 0 Å². The Morgan fingerprint density at radius 3 is 2.50 bits per heavy atom. The summed E-state index contributed by atoms with van der Waals surface area (Å²) in [6.45, 7) is 0.229. The number of allylic oxidation sites excluding steroid dienone is 2. The van der Waals surface area contributed by atoms with E-state index in [4.69, 9.17) is 4.42 Å². The fourth-order valence-corrected chi connectivity index (χ4v) is 4.20. The summed E-state index contributed by atoms with van der Waals surface area (Å²) >= 11 is 0. The smallest absolute Gasteiger partial charge is 0.307 e. The zero-order valence-corrected chi connectivity index (χ0v) is 15.0. The number of hydrogen-bond donors (Lipinski definition) is 3. The first-order valence-electron chi connectivity index (χ1n) is 9.16. The predicted molar refractivity (Wildman–Crippen MR) is 100 cm³/mol. The van der Waals surface area contributed by atoms with Crippen LogP contribution in [0.3, 0.4) is 0 Å². The van der Waals surface area contributed by atoms with Crippen molar-refractivity contribution in [2.24, 2.45) is 23.7 Å². The molecule has 2 bridgehead atoms. The molecule has 2 amide bonds. The molecule has 2 aromatic rings. The predicted octanol–water partition coefficient (Wildman–Crippen LogP) is 2.67. The minimum Gasteiger partial charge on any atom is -0.481 e. The largest absolute Gasteiger partial charge is 0.481 e. The van der Waals surface area contributed by atoms with Gasteiger partial charge in [-0.1, -0.05) is 24.3 Å². The number of benzene rings is 1. The molecule has 4 atom stereocenters. The fraction of sp³-hybridized carbons (Fsp3) is 0.286. The van der Waals surface area contributed by atoms with Gasteiger partial charge in [-0.25, -0.2) is 0 Å². The molecule has 4 unspecified atom stereocenters. The van der Waals surface area contributed by atoms with Crippen LogP contribution in [0.25, 0.3) is 0 Å². The maximum Gasteiger partial charge on any atom is 0.307 e. The summed E-state index contributed by atoms with van der Waals surface area (Å²) in [7, 11) is 0. The Bertz CT molecular complexity index is 934. The molecule has 1 saturated carbocycles. The van der Waals surface area contributed by atoms with Crippen LogP contribution in [0.2, 0.25) is 0 Å². The van der Waals surface area contributed by atoms with Crippen LogP contribution < -0.4 is 10.6 Å². The van der Waals surface area contributed by atoms with Crippen LogP contribution in [0, 0.1) is 23.7 Å². The molecule has 7 nitrogen and oxygen atoms in total. The lowest BCUT2D eigenvalue weighted by molar-refractivity contribution is -0.146.